The molecule has 1 aliphatic rings. The Morgan fingerprint density at radius 3 is 2.76 bits per heavy atom. The van der Waals surface area contributed by atoms with E-state index < -0.39 is 0 Å². The van der Waals surface area contributed by atoms with Crippen molar-refractivity contribution in [1.82, 2.24) is 4.90 Å². The summed E-state index contributed by atoms with van der Waals surface area (Å²) < 4.78 is 13.4. The van der Waals surface area contributed by atoms with Gasteiger partial charge >= 0.3 is 0 Å². The zero-order valence-corrected chi connectivity index (χ0v) is 11.5. The molecule has 17 heavy (non-hydrogen) atoms. The molecule has 0 aromatic heterocycles. The summed E-state index contributed by atoms with van der Waals surface area (Å²) in [5.74, 6) is 0.952. The quantitative estimate of drug-likeness (QED) is 0.838. The second-order valence-electron chi connectivity index (χ2n) is 4.78. The predicted molar refractivity (Wildman–Crippen MR) is 68.3 cm³/mol. The van der Waals surface area contributed by atoms with E-state index in [4.69, 9.17) is 0 Å². The highest BCUT2D eigenvalue weighted by Crippen LogP contribution is 2.38. The van der Waals surface area contributed by atoms with E-state index in [2.05, 4.69) is 22.9 Å². The number of hydrogen-bond donors (Lipinski definition) is 0. The van der Waals surface area contributed by atoms with Gasteiger partial charge in [-0.25, -0.2) is 4.39 Å². The van der Waals surface area contributed by atoms with Gasteiger partial charge < -0.3 is 4.90 Å². The van der Waals surface area contributed by atoms with Crippen molar-refractivity contribution in [2.24, 2.45) is 11.8 Å². The smallest absolute Gasteiger partial charge is 0.254 e. The number of hydrogen-bond acceptors (Lipinski definition) is 1. The van der Waals surface area contributed by atoms with Crippen molar-refractivity contribution in [2.75, 3.05) is 13.6 Å². The monoisotopic (exact) mass is 299 g/mol. The lowest BCUT2D eigenvalue weighted by molar-refractivity contribution is 0.0786. The lowest BCUT2D eigenvalue weighted by Crippen LogP contribution is -2.29. The van der Waals surface area contributed by atoms with Crippen LogP contribution in [0, 0.1) is 17.7 Å². The van der Waals surface area contributed by atoms with Gasteiger partial charge in [-0.2, -0.15) is 0 Å². The van der Waals surface area contributed by atoms with Crippen LogP contribution in [0.4, 0.5) is 4.39 Å². The number of halogens is 2. The molecule has 1 aliphatic carbocycles. The zero-order chi connectivity index (χ0) is 12.6. The Morgan fingerprint density at radius 2 is 2.24 bits per heavy atom. The SMILES string of the molecule is CC1CC1CN(C)C(=O)c1ccc(F)cc1Br. The van der Waals surface area contributed by atoms with Crippen LogP contribution in [0.1, 0.15) is 23.7 Å². The molecule has 4 heteroatoms. The Hall–Kier alpha value is -0.900. The molecule has 2 rings (SSSR count). The van der Waals surface area contributed by atoms with Gasteiger partial charge in [0.25, 0.3) is 5.91 Å². The van der Waals surface area contributed by atoms with Crippen LogP contribution >= 0.6 is 15.9 Å². The fraction of sp³-hybridized carbons (Fsp3) is 0.462. The Kier molecular flexibility index (Phi) is 3.52. The molecular weight excluding hydrogens is 285 g/mol. The first-order valence-electron chi connectivity index (χ1n) is 5.69. The van der Waals surface area contributed by atoms with Gasteiger partial charge in [0.2, 0.25) is 0 Å². The molecule has 92 valence electrons. The van der Waals surface area contributed by atoms with Crippen LogP contribution < -0.4 is 0 Å². The average Bonchev–Trinajstić information content (AvgIpc) is 2.93. The van der Waals surface area contributed by atoms with Gasteiger partial charge in [-0.1, -0.05) is 6.92 Å². The van der Waals surface area contributed by atoms with E-state index in [0.29, 0.717) is 16.0 Å². The highest BCUT2D eigenvalue weighted by Gasteiger charge is 2.34. The molecule has 0 N–H and O–H groups in total. The fourth-order valence-corrected chi connectivity index (χ4v) is 2.48. The van der Waals surface area contributed by atoms with Crippen molar-refractivity contribution in [3.63, 3.8) is 0 Å². The lowest BCUT2D eigenvalue weighted by Gasteiger charge is -2.17. The number of amides is 1. The number of benzene rings is 1. The van der Waals surface area contributed by atoms with Gasteiger partial charge in [0, 0.05) is 18.1 Å². The Morgan fingerprint density at radius 1 is 1.59 bits per heavy atom. The third-order valence-electron chi connectivity index (χ3n) is 3.29. The van der Waals surface area contributed by atoms with Gasteiger partial charge in [0.1, 0.15) is 5.82 Å². The maximum atomic E-state index is 12.9. The molecule has 2 nitrogen and oxygen atoms in total. The van der Waals surface area contributed by atoms with E-state index in [0.717, 1.165) is 12.5 Å². The minimum atomic E-state index is -0.341. The molecular formula is C13H15BrFNO. The molecule has 0 heterocycles. The number of rotatable bonds is 3. The predicted octanol–water partition coefficient (Wildman–Crippen LogP) is 3.32. The average molecular weight is 300 g/mol. The summed E-state index contributed by atoms with van der Waals surface area (Å²) in [6.07, 6.45) is 1.20. The van der Waals surface area contributed by atoms with Crippen molar-refractivity contribution < 1.29 is 9.18 Å². The molecule has 0 spiro atoms. The Bertz CT molecular complexity index is 449. The lowest BCUT2D eigenvalue weighted by atomic mass is 10.2. The van der Waals surface area contributed by atoms with Crippen LogP contribution in [0.5, 0.6) is 0 Å². The summed E-state index contributed by atoms with van der Waals surface area (Å²) >= 11 is 3.22. The van der Waals surface area contributed by atoms with Crippen LogP contribution in [0.25, 0.3) is 0 Å². The summed E-state index contributed by atoms with van der Waals surface area (Å²) in [6.45, 7) is 2.97. The molecule has 1 saturated carbocycles. The molecule has 0 bridgehead atoms. The van der Waals surface area contributed by atoms with Crippen LogP contribution in [-0.4, -0.2) is 24.4 Å². The Labute approximate surface area is 109 Å². The number of nitrogens with zero attached hydrogens (tertiary/aromatic N) is 1. The maximum Gasteiger partial charge on any atom is 0.254 e. The minimum Gasteiger partial charge on any atom is -0.341 e. The third kappa shape index (κ3) is 2.86. The normalized spacial score (nSPS) is 22.4. The number of carbonyl (C=O) groups is 1. The van der Waals surface area contributed by atoms with Crippen molar-refractivity contribution >= 4 is 21.8 Å². The molecule has 1 aromatic carbocycles. The third-order valence-corrected chi connectivity index (χ3v) is 3.95. The Balaban J connectivity index is 2.07. The molecule has 1 aromatic rings. The maximum absolute atomic E-state index is 12.9. The molecule has 0 saturated heterocycles. The molecule has 1 amide bonds. The van der Waals surface area contributed by atoms with Crippen LogP contribution in [-0.2, 0) is 0 Å². The van der Waals surface area contributed by atoms with Crippen LogP contribution in [0.3, 0.4) is 0 Å². The van der Waals surface area contributed by atoms with Gasteiger partial charge in [0.05, 0.1) is 5.56 Å². The molecule has 0 aliphatic heterocycles. The summed E-state index contributed by atoms with van der Waals surface area (Å²) in [5, 5.41) is 0. The highest BCUT2D eigenvalue weighted by molar-refractivity contribution is 9.10. The zero-order valence-electron chi connectivity index (χ0n) is 9.91. The van der Waals surface area contributed by atoms with Crippen molar-refractivity contribution in [2.45, 2.75) is 13.3 Å². The van der Waals surface area contributed by atoms with Gasteiger partial charge in [0.15, 0.2) is 0 Å². The largest absolute Gasteiger partial charge is 0.341 e. The second kappa shape index (κ2) is 4.77. The van der Waals surface area contributed by atoms with E-state index in [1.165, 1.54) is 24.6 Å². The van der Waals surface area contributed by atoms with Crippen LogP contribution in [0.15, 0.2) is 22.7 Å². The topological polar surface area (TPSA) is 20.3 Å². The highest BCUT2D eigenvalue weighted by atomic mass is 79.9. The first-order valence-corrected chi connectivity index (χ1v) is 6.49. The van der Waals surface area contributed by atoms with Crippen molar-refractivity contribution in [3.8, 4) is 0 Å². The molecule has 1 fully saturated rings. The van der Waals surface area contributed by atoms with E-state index in [-0.39, 0.29) is 11.7 Å². The summed E-state index contributed by atoms with van der Waals surface area (Å²) in [5.41, 5.74) is 0.516. The number of carbonyl (C=O) groups excluding carboxylic acids is 1. The summed E-state index contributed by atoms with van der Waals surface area (Å²) in [4.78, 5) is 13.8. The second-order valence-corrected chi connectivity index (χ2v) is 5.64. The van der Waals surface area contributed by atoms with Gasteiger partial charge in [-0.15, -0.1) is 0 Å². The van der Waals surface area contributed by atoms with E-state index >= 15 is 0 Å². The first kappa shape index (κ1) is 12.6. The molecule has 2 unspecified atom stereocenters. The molecule has 0 radical (unpaired) electrons. The summed E-state index contributed by atoms with van der Waals surface area (Å²) in [7, 11) is 1.79. The van der Waals surface area contributed by atoms with E-state index in [9.17, 15) is 9.18 Å². The first-order chi connectivity index (χ1) is 7.99. The van der Waals surface area contributed by atoms with Crippen LogP contribution in [0.2, 0.25) is 0 Å². The van der Waals surface area contributed by atoms with Crippen molar-refractivity contribution in [1.29, 1.82) is 0 Å². The molecule has 2 atom stereocenters. The standard InChI is InChI=1S/C13H15BrFNO/c1-8-5-9(8)7-16(2)13(17)11-4-3-10(15)6-12(11)14/h3-4,6,8-9H,5,7H2,1-2H3. The van der Waals surface area contributed by atoms with Gasteiger partial charge in [-0.3, -0.25) is 4.79 Å². The summed E-state index contributed by atoms with van der Waals surface area (Å²) in [6, 6.07) is 4.15. The van der Waals surface area contributed by atoms with Gasteiger partial charge in [-0.05, 0) is 52.4 Å². The van der Waals surface area contributed by atoms with Crippen molar-refractivity contribution in [3.05, 3.63) is 34.1 Å². The fourth-order valence-electron chi connectivity index (χ4n) is 1.96. The van der Waals surface area contributed by atoms with E-state index in [1.54, 1.807) is 11.9 Å². The van der Waals surface area contributed by atoms with E-state index in [1.807, 2.05) is 0 Å². The minimum absolute atomic E-state index is 0.0593.